The van der Waals surface area contributed by atoms with E-state index in [1.165, 1.54) is 0 Å². The third-order valence-electron chi connectivity index (χ3n) is 7.15. The summed E-state index contributed by atoms with van der Waals surface area (Å²) in [5.41, 5.74) is 6.14. The molecule has 6 atom stereocenters. The molecule has 0 radical (unpaired) electrons. The Morgan fingerprint density at radius 2 is 1.49 bits per heavy atom. The molecule has 200 valence electrons. The van der Waals surface area contributed by atoms with Gasteiger partial charge in [0, 0.05) is 13.1 Å². The Bertz CT molecular complexity index is 1050. The smallest absolute Gasteiger partial charge is 0.238 e. The van der Waals surface area contributed by atoms with E-state index in [1.54, 1.807) is 27.7 Å². The van der Waals surface area contributed by atoms with Crippen molar-refractivity contribution in [2.75, 3.05) is 6.61 Å². The zero-order valence-corrected chi connectivity index (χ0v) is 21.7. The van der Waals surface area contributed by atoms with Crippen LogP contribution >= 0.6 is 0 Å². The molecule has 3 saturated heterocycles. The van der Waals surface area contributed by atoms with Crippen LogP contribution in [0.2, 0.25) is 0 Å². The van der Waals surface area contributed by atoms with Gasteiger partial charge in [-0.05, 0) is 38.8 Å². The van der Waals surface area contributed by atoms with Crippen LogP contribution in [-0.2, 0) is 41.6 Å². The van der Waals surface area contributed by atoms with E-state index in [0.29, 0.717) is 13.1 Å². The number of aliphatic hydroxyl groups is 1. The van der Waals surface area contributed by atoms with E-state index in [9.17, 15) is 9.90 Å². The summed E-state index contributed by atoms with van der Waals surface area (Å²) in [6.45, 7) is 7.95. The molecule has 3 fully saturated rings. The van der Waals surface area contributed by atoms with Gasteiger partial charge < -0.3 is 34.5 Å². The average Bonchev–Trinajstić information content (AvgIpc) is 3.43. The number of benzene rings is 2. The lowest BCUT2D eigenvalue weighted by atomic mass is 9.80. The summed E-state index contributed by atoms with van der Waals surface area (Å²) >= 11 is 0. The molecular weight excluding hydrogens is 476 g/mol. The van der Waals surface area contributed by atoms with E-state index in [4.69, 9.17) is 29.4 Å². The Morgan fingerprint density at radius 1 is 0.919 bits per heavy atom. The van der Waals surface area contributed by atoms with Gasteiger partial charge in [-0.25, -0.2) is 0 Å². The molecule has 2 aromatic rings. The molecule has 0 aromatic heterocycles. The van der Waals surface area contributed by atoms with Crippen LogP contribution in [0.25, 0.3) is 0 Å². The summed E-state index contributed by atoms with van der Waals surface area (Å²) < 4.78 is 30.3. The van der Waals surface area contributed by atoms with Crippen LogP contribution in [0.15, 0.2) is 60.7 Å². The summed E-state index contributed by atoms with van der Waals surface area (Å²) in [7, 11) is 0. The van der Waals surface area contributed by atoms with Gasteiger partial charge in [-0.3, -0.25) is 9.69 Å². The summed E-state index contributed by atoms with van der Waals surface area (Å²) in [5, 5.41) is 12.6. The van der Waals surface area contributed by atoms with Crippen molar-refractivity contribution < 1.29 is 33.6 Å². The molecule has 3 aliphatic rings. The number of primary amides is 1. The molecule has 9 nitrogen and oxygen atoms in total. The van der Waals surface area contributed by atoms with Gasteiger partial charge in [-0.15, -0.1) is 0 Å². The van der Waals surface area contributed by atoms with Crippen LogP contribution in [0.1, 0.15) is 38.8 Å². The molecule has 37 heavy (non-hydrogen) atoms. The molecule has 0 saturated carbocycles. The predicted molar refractivity (Wildman–Crippen MR) is 134 cm³/mol. The number of amides is 1. The van der Waals surface area contributed by atoms with Gasteiger partial charge in [0.1, 0.15) is 30.0 Å². The lowest BCUT2D eigenvalue weighted by molar-refractivity contribution is -0.256. The first-order valence-electron chi connectivity index (χ1n) is 12.6. The predicted octanol–water partition coefficient (Wildman–Crippen LogP) is 2.30. The Labute approximate surface area is 217 Å². The van der Waals surface area contributed by atoms with Crippen molar-refractivity contribution in [1.29, 1.82) is 0 Å². The van der Waals surface area contributed by atoms with Crippen molar-refractivity contribution in [2.45, 2.75) is 88.6 Å². The Balaban J connectivity index is 1.58. The SMILES string of the molecule is CC1(C)OC[C@H]([C@H]2O[C@@H]3OC(C)(C)O[C@@H]3[C@@]2(O)[C@@H](C(N)=O)N(Cc2ccccc2)Cc2ccccc2)O1. The second-order valence-corrected chi connectivity index (χ2v) is 10.9. The van der Waals surface area contributed by atoms with Gasteiger partial charge >= 0.3 is 0 Å². The number of rotatable bonds is 8. The number of nitrogens with two attached hydrogens (primary N) is 1. The fraction of sp³-hybridized carbons (Fsp3) is 0.536. The average molecular weight is 513 g/mol. The third kappa shape index (κ3) is 5.18. The quantitative estimate of drug-likeness (QED) is 0.554. The van der Waals surface area contributed by atoms with Crippen LogP contribution in [0, 0.1) is 0 Å². The maximum absolute atomic E-state index is 13.3. The summed E-state index contributed by atoms with van der Waals surface area (Å²) in [6.07, 6.45) is -3.55. The first-order valence-corrected chi connectivity index (χ1v) is 12.6. The molecule has 0 aliphatic carbocycles. The van der Waals surface area contributed by atoms with E-state index >= 15 is 0 Å². The molecule has 5 rings (SSSR count). The molecule has 1 amide bonds. The summed E-state index contributed by atoms with van der Waals surface area (Å²) in [6, 6.07) is 18.3. The number of carbonyl (C=O) groups is 1. The molecular formula is C28H36N2O7. The van der Waals surface area contributed by atoms with Crippen LogP contribution < -0.4 is 5.73 Å². The van der Waals surface area contributed by atoms with E-state index in [-0.39, 0.29) is 6.61 Å². The number of hydrogen-bond acceptors (Lipinski definition) is 8. The largest absolute Gasteiger partial charge is 0.382 e. The van der Waals surface area contributed by atoms with Gasteiger partial charge in [0.05, 0.1) is 6.61 Å². The van der Waals surface area contributed by atoms with E-state index in [2.05, 4.69) is 0 Å². The first-order chi connectivity index (χ1) is 17.5. The van der Waals surface area contributed by atoms with E-state index in [0.717, 1.165) is 11.1 Å². The highest BCUT2D eigenvalue weighted by atomic mass is 16.8. The molecule has 3 heterocycles. The molecule has 0 unspecified atom stereocenters. The highest BCUT2D eigenvalue weighted by molar-refractivity contribution is 5.82. The minimum atomic E-state index is -1.90. The second kappa shape index (κ2) is 9.74. The topological polar surface area (TPSA) is 113 Å². The van der Waals surface area contributed by atoms with Crippen molar-refractivity contribution in [2.24, 2.45) is 5.73 Å². The Hall–Kier alpha value is -2.37. The fourth-order valence-electron chi connectivity index (χ4n) is 5.69. The van der Waals surface area contributed by atoms with Crippen LogP contribution in [0.5, 0.6) is 0 Å². The van der Waals surface area contributed by atoms with Crippen molar-refractivity contribution in [3.63, 3.8) is 0 Å². The minimum absolute atomic E-state index is 0.172. The van der Waals surface area contributed by atoms with Gasteiger partial charge in [-0.2, -0.15) is 0 Å². The van der Waals surface area contributed by atoms with Gasteiger partial charge in [-0.1, -0.05) is 60.7 Å². The monoisotopic (exact) mass is 512 g/mol. The lowest BCUT2D eigenvalue weighted by Crippen LogP contribution is -2.69. The maximum atomic E-state index is 13.3. The lowest BCUT2D eigenvalue weighted by Gasteiger charge is -2.44. The second-order valence-electron chi connectivity index (χ2n) is 10.9. The fourth-order valence-corrected chi connectivity index (χ4v) is 5.69. The van der Waals surface area contributed by atoms with Crippen LogP contribution in [0.3, 0.4) is 0 Å². The van der Waals surface area contributed by atoms with Crippen LogP contribution in [-0.4, -0.2) is 70.3 Å². The van der Waals surface area contributed by atoms with Crippen molar-refractivity contribution in [3.8, 4) is 0 Å². The van der Waals surface area contributed by atoms with Gasteiger partial charge in [0.15, 0.2) is 17.9 Å². The van der Waals surface area contributed by atoms with Crippen molar-refractivity contribution >= 4 is 5.91 Å². The zero-order valence-electron chi connectivity index (χ0n) is 21.7. The minimum Gasteiger partial charge on any atom is -0.382 e. The molecule has 3 N–H and O–H groups in total. The Morgan fingerprint density at radius 3 is 1.97 bits per heavy atom. The first kappa shape index (κ1) is 26.2. The van der Waals surface area contributed by atoms with Gasteiger partial charge in [0.25, 0.3) is 0 Å². The number of nitrogens with zero attached hydrogens (tertiary/aromatic N) is 1. The molecule has 2 aromatic carbocycles. The van der Waals surface area contributed by atoms with Crippen LogP contribution in [0.4, 0.5) is 0 Å². The van der Waals surface area contributed by atoms with Crippen molar-refractivity contribution in [1.82, 2.24) is 4.90 Å². The van der Waals surface area contributed by atoms with E-state index in [1.807, 2.05) is 65.6 Å². The number of carbonyl (C=O) groups excluding carboxylic acids is 1. The number of fused-ring (bicyclic) bond motifs is 1. The normalized spacial score (nSPS) is 32.9. The van der Waals surface area contributed by atoms with E-state index < -0.39 is 53.7 Å². The Kier molecular flexibility index (Phi) is 6.91. The molecule has 9 heteroatoms. The number of hydrogen-bond donors (Lipinski definition) is 2. The highest BCUT2D eigenvalue weighted by Crippen LogP contribution is 2.48. The summed E-state index contributed by atoms with van der Waals surface area (Å²) in [4.78, 5) is 15.2. The summed E-state index contributed by atoms with van der Waals surface area (Å²) in [5.74, 6) is -2.59. The molecule has 0 bridgehead atoms. The van der Waals surface area contributed by atoms with Gasteiger partial charge in [0.2, 0.25) is 5.91 Å². The highest BCUT2D eigenvalue weighted by Gasteiger charge is 2.70. The zero-order chi connectivity index (χ0) is 26.4. The molecule has 0 spiro atoms. The molecule has 3 aliphatic heterocycles. The standard InChI is InChI=1S/C28H36N2O7/c1-26(2)33-17-20(35-26)22-28(32,23-25(34-22)37-27(3,4)36-23)21(24(29)31)30(15-18-11-7-5-8-12-18)16-19-13-9-6-10-14-19/h5-14,20-23,25,32H,15-17H2,1-4H3,(H2,29,31)/t20-,21-,22-,23+,25-,28-/m1/s1. The maximum Gasteiger partial charge on any atom is 0.238 e. The van der Waals surface area contributed by atoms with Crippen molar-refractivity contribution in [3.05, 3.63) is 71.8 Å². The number of ether oxygens (including phenoxy) is 5. The third-order valence-corrected chi connectivity index (χ3v) is 7.15.